The van der Waals surface area contributed by atoms with Crippen LogP contribution < -0.4 is 5.73 Å². The second-order valence-corrected chi connectivity index (χ2v) is 8.16. The standard InChI is InChI=1S/C23H24F3N3O4/c1-22(2,3)17-9-6-14(7-10-17)20(31)29(33-21(32)23(24,25)26)12-4-5-15-13-16(19(27)28)8-11-18(15)30/h4-11,13,30H,12H2,1-3H3,(H3,27,28)/b5-4+. The van der Waals surface area contributed by atoms with Gasteiger partial charge >= 0.3 is 12.1 Å². The Morgan fingerprint density at radius 1 is 1.09 bits per heavy atom. The number of nitrogens with two attached hydrogens (primary N) is 1. The lowest BCUT2D eigenvalue weighted by atomic mass is 9.87. The lowest BCUT2D eigenvalue weighted by Crippen LogP contribution is -2.38. The number of halogens is 3. The summed E-state index contributed by atoms with van der Waals surface area (Å²) < 4.78 is 38.2. The predicted octanol–water partition coefficient (Wildman–Crippen LogP) is 4.15. The van der Waals surface area contributed by atoms with Crippen molar-refractivity contribution in [2.45, 2.75) is 32.4 Å². The van der Waals surface area contributed by atoms with Crippen molar-refractivity contribution in [2.24, 2.45) is 5.73 Å². The molecular formula is C23H24F3N3O4. The number of aromatic hydroxyl groups is 1. The van der Waals surface area contributed by atoms with E-state index >= 15 is 0 Å². The molecule has 0 aliphatic heterocycles. The van der Waals surface area contributed by atoms with Crippen LogP contribution in [0.5, 0.6) is 5.75 Å². The van der Waals surface area contributed by atoms with E-state index in [1.54, 1.807) is 12.1 Å². The van der Waals surface area contributed by atoms with Crippen molar-refractivity contribution >= 4 is 23.8 Å². The van der Waals surface area contributed by atoms with E-state index in [4.69, 9.17) is 11.1 Å². The summed E-state index contributed by atoms with van der Waals surface area (Å²) in [5.41, 5.74) is 6.63. The van der Waals surface area contributed by atoms with Crippen LogP contribution in [0.3, 0.4) is 0 Å². The van der Waals surface area contributed by atoms with Crippen molar-refractivity contribution in [3.63, 3.8) is 0 Å². The Kier molecular flexibility index (Phi) is 7.53. The lowest BCUT2D eigenvalue weighted by molar-refractivity contribution is -0.227. The van der Waals surface area contributed by atoms with Crippen molar-refractivity contribution in [1.82, 2.24) is 5.06 Å². The normalized spacial score (nSPS) is 11.9. The number of hydrogen-bond donors (Lipinski definition) is 3. The van der Waals surface area contributed by atoms with Crippen molar-refractivity contribution < 1.29 is 32.7 Å². The van der Waals surface area contributed by atoms with E-state index in [0.717, 1.165) is 5.56 Å². The summed E-state index contributed by atoms with van der Waals surface area (Å²) in [6, 6.07) is 10.3. The monoisotopic (exact) mass is 463 g/mol. The zero-order chi connectivity index (χ0) is 25.0. The van der Waals surface area contributed by atoms with Crippen LogP contribution in [0.2, 0.25) is 0 Å². The molecule has 0 fully saturated rings. The van der Waals surface area contributed by atoms with Crippen molar-refractivity contribution in [1.29, 1.82) is 5.41 Å². The minimum Gasteiger partial charge on any atom is -0.507 e. The van der Waals surface area contributed by atoms with Crippen LogP contribution in [0, 0.1) is 5.41 Å². The molecule has 0 bridgehead atoms. The third-order valence-electron chi connectivity index (χ3n) is 4.56. The van der Waals surface area contributed by atoms with Gasteiger partial charge in [-0.15, -0.1) is 0 Å². The Hall–Kier alpha value is -3.82. The average molecular weight is 463 g/mol. The molecule has 33 heavy (non-hydrogen) atoms. The van der Waals surface area contributed by atoms with Gasteiger partial charge in [0.15, 0.2) is 0 Å². The van der Waals surface area contributed by atoms with Gasteiger partial charge in [0.25, 0.3) is 5.91 Å². The van der Waals surface area contributed by atoms with E-state index in [-0.39, 0.29) is 33.2 Å². The average Bonchev–Trinajstić information content (AvgIpc) is 2.72. The van der Waals surface area contributed by atoms with Gasteiger partial charge in [-0.3, -0.25) is 10.2 Å². The Labute approximate surface area is 188 Å². The van der Waals surface area contributed by atoms with Crippen LogP contribution in [0.25, 0.3) is 6.08 Å². The van der Waals surface area contributed by atoms with Gasteiger partial charge in [-0.05, 0) is 41.3 Å². The minimum absolute atomic E-state index is 0.0211. The van der Waals surface area contributed by atoms with Gasteiger partial charge in [-0.2, -0.15) is 18.2 Å². The molecule has 1 amide bonds. The van der Waals surface area contributed by atoms with E-state index in [2.05, 4.69) is 4.84 Å². The highest BCUT2D eigenvalue weighted by atomic mass is 19.4. The summed E-state index contributed by atoms with van der Waals surface area (Å²) in [6.45, 7) is 5.35. The van der Waals surface area contributed by atoms with Gasteiger partial charge in [-0.25, -0.2) is 4.79 Å². The topological polar surface area (TPSA) is 117 Å². The maximum Gasteiger partial charge on any atom is 0.493 e. The van der Waals surface area contributed by atoms with E-state index in [0.29, 0.717) is 5.56 Å². The first-order chi connectivity index (χ1) is 15.2. The molecule has 7 nitrogen and oxygen atoms in total. The van der Waals surface area contributed by atoms with Crippen molar-refractivity contribution in [3.05, 3.63) is 70.8 Å². The number of nitrogen functional groups attached to an aromatic ring is 1. The summed E-state index contributed by atoms with van der Waals surface area (Å²) in [4.78, 5) is 28.4. The van der Waals surface area contributed by atoms with E-state index in [1.165, 1.54) is 42.5 Å². The van der Waals surface area contributed by atoms with Crippen LogP contribution in [0.4, 0.5) is 13.2 Å². The summed E-state index contributed by atoms with van der Waals surface area (Å²) in [7, 11) is 0. The number of hydrogen-bond acceptors (Lipinski definition) is 5. The molecule has 0 heterocycles. The second-order valence-electron chi connectivity index (χ2n) is 8.16. The predicted molar refractivity (Wildman–Crippen MR) is 116 cm³/mol. The van der Waals surface area contributed by atoms with Gasteiger partial charge in [0.2, 0.25) is 0 Å². The van der Waals surface area contributed by atoms with Crippen LogP contribution in [0.15, 0.2) is 48.5 Å². The molecule has 0 aliphatic rings. The molecule has 0 spiro atoms. The number of nitrogens with one attached hydrogen (secondary N) is 1. The minimum atomic E-state index is -5.30. The summed E-state index contributed by atoms with van der Waals surface area (Å²) in [6.07, 6.45) is -2.78. The van der Waals surface area contributed by atoms with Gasteiger partial charge in [0.05, 0.1) is 6.54 Å². The number of nitrogens with zero attached hydrogens (tertiary/aromatic N) is 1. The first-order valence-electron chi connectivity index (χ1n) is 9.75. The number of amidine groups is 1. The van der Waals surface area contributed by atoms with E-state index < -0.39 is 24.6 Å². The van der Waals surface area contributed by atoms with Crippen LogP contribution in [-0.4, -0.2) is 40.6 Å². The fourth-order valence-corrected chi connectivity index (χ4v) is 2.70. The Morgan fingerprint density at radius 2 is 1.67 bits per heavy atom. The summed E-state index contributed by atoms with van der Waals surface area (Å²) >= 11 is 0. The molecule has 10 heteroatoms. The van der Waals surface area contributed by atoms with Crippen molar-refractivity contribution in [2.75, 3.05) is 6.54 Å². The number of alkyl halides is 3. The molecule has 2 aromatic carbocycles. The molecule has 0 radical (unpaired) electrons. The molecule has 0 saturated carbocycles. The molecule has 0 aliphatic carbocycles. The number of phenols is 1. The largest absolute Gasteiger partial charge is 0.507 e. The molecule has 2 rings (SSSR count). The maximum absolute atomic E-state index is 12.8. The molecule has 2 aromatic rings. The lowest BCUT2D eigenvalue weighted by Gasteiger charge is -2.22. The van der Waals surface area contributed by atoms with Crippen LogP contribution >= 0.6 is 0 Å². The first kappa shape index (κ1) is 25.4. The summed E-state index contributed by atoms with van der Waals surface area (Å²) in [5, 5.41) is 17.7. The van der Waals surface area contributed by atoms with Crippen LogP contribution in [0.1, 0.15) is 47.8 Å². The number of carbonyl (C=O) groups is 2. The van der Waals surface area contributed by atoms with Crippen molar-refractivity contribution in [3.8, 4) is 5.75 Å². The quantitative estimate of drug-likeness (QED) is 0.350. The highest BCUT2D eigenvalue weighted by Crippen LogP contribution is 2.24. The number of phenolic OH excluding ortho intramolecular Hbond substituents is 1. The zero-order valence-electron chi connectivity index (χ0n) is 18.2. The maximum atomic E-state index is 12.8. The van der Waals surface area contributed by atoms with Gasteiger partial charge in [-0.1, -0.05) is 45.1 Å². The Morgan fingerprint density at radius 3 is 2.18 bits per heavy atom. The number of hydroxylamine groups is 2. The number of carbonyl (C=O) groups excluding carboxylic acids is 2. The molecular weight excluding hydrogens is 439 g/mol. The number of benzene rings is 2. The fraction of sp³-hybridized carbons (Fsp3) is 0.261. The molecule has 0 saturated heterocycles. The van der Waals surface area contributed by atoms with E-state index in [9.17, 15) is 27.9 Å². The SMILES string of the molecule is CC(C)(C)c1ccc(C(=O)N(C/C=C/c2cc(C(=N)N)ccc2O)OC(=O)C(F)(F)F)cc1. The fourth-order valence-electron chi connectivity index (χ4n) is 2.70. The third kappa shape index (κ3) is 6.83. The number of amides is 1. The first-order valence-corrected chi connectivity index (χ1v) is 9.75. The van der Waals surface area contributed by atoms with Gasteiger partial charge in [0.1, 0.15) is 11.6 Å². The highest BCUT2D eigenvalue weighted by molar-refractivity contribution is 5.96. The molecule has 176 valence electrons. The van der Waals surface area contributed by atoms with Gasteiger partial charge < -0.3 is 15.7 Å². The molecule has 4 N–H and O–H groups in total. The zero-order valence-corrected chi connectivity index (χ0v) is 18.2. The van der Waals surface area contributed by atoms with E-state index in [1.807, 2.05) is 20.8 Å². The smallest absolute Gasteiger partial charge is 0.493 e. The van der Waals surface area contributed by atoms with Gasteiger partial charge in [0, 0.05) is 16.7 Å². The third-order valence-corrected chi connectivity index (χ3v) is 4.56. The Bertz CT molecular complexity index is 1070. The second kappa shape index (κ2) is 9.76. The molecule has 0 aromatic heterocycles. The highest BCUT2D eigenvalue weighted by Gasteiger charge is 2.43. The van der Waals surface area contributed by atoms with Crippen LogP contribution in [-0.2, 0) is 15.0 Å². The number of rotatable bonds is 5. The molecule has 0 atom stereocenters. The molecule has 0 unspecified atom stereocenters. The summed E-state index contributed by atoms with van der Waals surface area (Å²) in [5.74, 6) is -3.94. The Balaban J connectivity index is 2.30.